The van der Waals surface area contributed by atoms with E-state index < -0.39 is 0 Å². The molecule has 1 fully saturated rings. The first kappa shape index (κ1) is 17.6. The van der Waals surface area contributed by atoms with Crippen LogP contribution in [0.4, 0.5) is 0 Å². The fourth-order valence-corrected chi connectivity index (χ4v) is 2.25. The van der Waals surface area contributed by atoms with Crippen LogP contribution in [0.25, 0.3) is 0 Å². The fourth-order valence-electron chi connectivity index (χ4n) is 2.25. The number of hydrogen-bond acceptors (Lipinski definition) is 3. The lowest BCUT2D eigenvalue weighted by atomic mass is 10.2. The van der Waals surface area contributed by atoms with Crippen LogP contribution in [-0.2, 0) is 11.3 Å². The van der Waals surface area contributed by atoms with Gasteiger partial charge in [0.05, 0.1) is 20.3 Å². The average molecular weight is 319 g/mol. The van der Waals surface area contributed by atoms with Crippen LogP contribution in [-0.4, -0.2) is 51.3 Å². The molecule has 128 valence electrons. The Morgan fingerprint density at radius 2 is 2.22 bits per heavy atom. The second kappa shape index (κ2) is 9.40. The average Bonchev–Trinajstić information content (AvgIpc) is 3.39. The molecule has 0 unspecified atom stereocenters. The van der Waals surface area contributed by atoms with E-state index in [4.69, 9.17) is 14.5 Å². The minimum Gasteiger partial charge on any atom is -0.497 e. The molecule has 0 amide bonds. The summed E-state index contributed by atoms with van der Waals surface area (Å²) in [5.74, 6) is 2.59. The van der Waals surface area contributed by atoms with Crippen molar-refractivity contribution < 1.29 is 9.47 Å². The van der Waals surface area contributed by atoms with E-state index in [-0.39, 0.29) is 0 Å². The van der Waals surface area contributed by atoms with Gasteiger partial charge in [0, 0.05) is 26.7 Å². The number of hydrogen-bond donors (Lipinski definition) is 1. The third-order valence-electron chi connectivity index (χ3n) is 3.86. The summed E-state index contributed by atoms with van der Waals surface area (Å²) in [4.78, 5) is 6.83. The van der Waals surface area contributed by atoms with Crippen molar-refractivity contribution in [2.45, 2.75) is 26.3 Å². The molecule has 0 aromatic heterocycles. The predicted molar refractivity (Wildman–Crippen MR) is 94.0 cm³/mol. The van der Waals surface area contributed by atoms with Gasteiger partial charge in [-0.15, -0.1) is 0 Å². The van der Waals surface area contributed by atoms with E-state index in [0.29, 0.717) is 6.54 Å². The fraction of sp³-hybridized carbons (Fsp3) is 0.611. The number of methoxy groups -OCH3 is 1. The number of rotatable bonds is 9. The van der Waals surface area contributed by atoms with Gasteiger partial charge in [0.1, 0.15) is 5.75 Å². The van der Waals surface area contributed by atoms with E-state index in [1.807, 2.05) is 25.2 Å². The second-order valence-corrected chi connectivity index (χ2v) is 5.96. The van der Waals surface area contributed by atoms with E-state index >= 15 is 0 Å². The van der Waals surface area contributed by atoms with Gasteiger partial charge in [0.25, 0.3) is 0 Å². The Morgan fingerprint density at radius 1 is 1.39 bits per heavy atom. The number of nitrogens with one attached hydrogen (secondary N) is 1. The second-order valence-electron chi connectivity index (χ2n) is 5.96. The smallest absolute Gasteiger partial charge is 0.194 e. The molecule has 5 heteroatoms. The SMILES string of the molecule is CCNC(=NCc1cccc(OC)c1)N(C)CCOCC1CC1. The normalized spacial score (nSPS) is 14.7. The van der Waals surface area contributed by atoms with Crippen LogP contribution in [0.15, 0.2) is 29.3 Å². The summed E-state index contributed by atoms with van der Waals surface area (Å²) >= 11 is 0. The van der Waals surface area contributed by atoms with Crippen LogP contribution in [0.5, 0.6) is 5.75 Å². The van der Waals surface area contributed by atoms with Crippen LogP contribution >= 0.6 is 0 Å². The molecule has 1 aliphatic carbocycles. The van der Waals surface area contributed by atoms with Crippen LogP contribution < -0.4 is 10.1 Å². The highest BCUT2D eigenvalue weighted by Gasteiger charge is 2.21. The Bertz CT molecular complexity index is 501. The number of ether oxygens (including phenoxy) is 2. The largest absolute Gasteiger partial charge is 0.497 e. The Balaban J connectivity index is 1.83. The Labute approximate surface area is 139 Å². The van der Waals surface area contributed by atoms with Crippen molar-refractivity contribution in [1.82, 2.24) is 10.2 Å². The van der Waals surface area contributed by atoms with E-state index in [2.05, 4.69) is 23.2 Å². The van der Waals surface area contributed by atoms with Crippen LogP contribution in [0.1, 0.15) is 25.3 Å². The van der Waals surface area contributed by atoms with Gasteiger partial charge >= 0.3 is 0 Å². The molecule has 1 saturated carbocycles. The highest BCUT2D eigenvalue weighted by atomic mass is 16.5. The van der Waals surface area contributed by atoms with Crippen LogP contribution in [0.3, 0.4) is 0 Å². The molecule has 0 bridgehead atoms. The molecular weight excluding hydrogens is 290 g/mol. The van der Waals surface area contributed by atoms with Gasteiger partial charge in [-0.2, -0.15) is 0 Å². The summed E-state index contributed by atoms with van der Waals surface area (Å²) in [7, 11) is 3.73. The van der Waals surface area contributed by atoms with Crippen LogP contribution in [0.2, 0.25) is 0 Å². The molecular formula is C18H29N3O2. The van der Waals surface area contributed by atoms with E-state index in [1.54, 1.807) is 7.11 Å². The van der Waals surface area contributed by atoms with Crippen molar-refractivity contribution in [1.29, 1.82) is 0 Å². The summed E-state index contributed by atoms with van der Waals surface area (Å²) < 4.78 is 11.0. The molecule has 1 aromatic rings. The number of likely N-dealkylation sites (N-methyl/N-ethyl adjacent to an activating group) is 1. The molecule has 0 saturated heterocycles. The Hall–Kier alpha value is -1.75. The molecule has 0 atom stereocenters. The van der Waals surface area contributed by atoms with Crippen molar-refractivity contribution in [3.05, 3.63) is 29.8 Å². The van der Waals surface area contributed by atoms with Crippen LogP contribution in [0, 0.1) is 5.92 Å². The van der Waals surface area contributed by atoms with Gasteiger partial charge in [-0.1, -0.05) is 12.1 Å². The Morgan fingerprint density at radius 3 is 2.91 bits per heavy atom. The number of nitrogens with zero attached hydrogens (tertiary/aromatic N) is 2. The summed E-state index contributed by atoms with van der Waals surface area (Å²) in [5, 5.41) is 3.33. The molecule has 2 rings (SSSR count). The first-order valence-corrected chi connectivity index (χ1v) is 8.43. The predicted octanol–water partition coefficient (Wildman–Crippen LogP) is 2.52. The number of benzene rings is 1. The molecule has 1 N–H and O–H groups in total. The molecule has 1 aromatic carbocycles. The molecule has 23 heavy (non-hydrogen) atoms. The van der Waals surface area contributed by atoms with E-state index in [1.165, 1.54) is 12.8 Å². The maximum atomic E-state index is 5.71. The third kappa shape index (κ3) is 6.48. The molecule has 0 aliphatic heterocycles. The lowest BCUT2D eigenvalue weighted by Gasteiger charge is -2.22. The number of aliphatic imine (C=N–C) groups is 1. The first-order chi connectivity index (χ1) is 11.2. The maximum Gasteiger partial charge on any atom is 0.194 e. The summed E-state index contributed by atoms with van der Waals surface area (Å²) in [6.45, 7) is 6.06. The summed E-state index contributed by atoms with van der Waals surface area (Å²) in [5.41, 5.74) is 1.14. The van der Waals surface area contributed by atoms with Gasteiger partial charge in [-0.05, 0) is 43.4 Å². The molecule has 1 aliphatic rings. The zero-order valence-corrected chi connectivity index (χ0v) is 14.5. The third-order valence-corrected chi connectivity index (χ3v) is 3.86. The highest BCUT2D eigenvalue weighted by molar-refractivity contribution is 5.79. The zero-order chi connectivity index (χ0) is 16.5. The Kier molecular flexibility index (Phi) is 7.20. The molecule has 5 nitrogen and oxygen atoms in total. The van der Waals surface area contributed by atoms with Gasteiger partial charge in [-0.25, -0.2) is 4.99 Å². The molecule has 0 spiro atoms. The molecule has 0 radical (unpaired) electrons. The monoisotopic (exact) mass is 319 g/mol. The molecule has 0 heterocycles. The van der Waals surface area contributed by atoms with E-state index in [9.17, 15) is 0 Å². The van der Waals surface area contributed by atoms with Crippen molar-refractivity contribution in [3.63, 3.8) is 0 Å². The summed E-state index contributed by atoms with van der Waals surface area (Å²) in [6.07, 6.45) is 2.67. The lowest BCUT2D eigenvalue weighted by Crippen LogP contribution is -2.40. The van der Waals surface area contributed by atoms with Crippen molar-refractivity contribution in [2.75, 3.05) is 40.5 Å². The summed E-state index contributed by atoms with van der Waals surface area (Å²) in [6, 6.07) is 8.02. The maximum absolute atomic E-state index is 5.71. The first-order valence-electron chi connectivity index (χ1n) is 8.43. The minimum atomic E-state index is 0.632. The van der Waals surface area contributed by atoms with Gasteiger partial charge in [0.2, 0.25) is 0 Å². The quantitative estimate of drug-likeness (QED) is 0.432. The zero-order valence-electron chi connectivity index (χ0n) is 14.5. The van der Waals surface area contributed by atoms with Crippen molar-refractivity contribution in [3.8, 4) is 5.75 Å². The van der Waals surface area contributed by atoms with Crippen molar-refractivity contribution in [2.24, 2.45) is 10.9 Å². The standard InChI is InChI=1S/C18H29N3O2/c1-4-19-18(21(2)10-11-23-14-15-8-9-15)20-13-16-6-5-7-17(12-16)22-3/h5-7,12,15H,4,8-11,13-14H2,1-3H3,(H,19,20). The highest BCUT2D eigenvalue weighted by Crippen LogP contribution is 2.28. The van der Waals surface area contributed by atoms with Gasteiger partial charge in [0.15, 0.2) is 5.96 Å². The van der Waals surface area contributed by atoms with E-state index in [0.717, 1.165) is 49.5 Å². The van der Waals surface area contributed by atoms with Crippen molar-refractivity contribution >= 4 is 5.96 Å². The topological polar surface area (TPSA) is 46.1 Å². The van der Waals surface area contributed by atoms with Gasteiger partial charge in [-0.3, -0.25) is 0 Å². The number of guanidine groups is 1. The minimum absolute atomic E-state index is 0.632. The lowest BCUT2D eigenvalue weighted by molar-refractivity contribution is 0.115. The van der Waals surface area contributed by atoms with Gasteiger partial charge < -0.3 is 19.7 Å².